The summed E-state index contributed by atoms with van der Waals surface area (Å²) in [6.45, 7) is 5.28. The van der Waals surface area contributed by atoms with Crippen molar-refractivity contribution in [2.24, 2.45) is 0 Å². The first kappa shape index (κ1) is 22.5. The number of aromatic nitrogens is 2. The van der Waals surface area contributed by atoms with E-state index in [0.29, 0.717) is 48.5 Å². The molecule has 2 heterocycles. The van der Waals surface area contributed by atoms with Crippen LogP contribution in [0.3, 0.4) is 0 Å². The highest BCUT2D eigenvalue weighted by atomic mass is 35.5. The fourth-order valence-electron chi connectivity index (χ4n) is 3.06. The van der Waals surface area contributed by atoms with Gasteiger partial charge in [0.05, 0.1) is 12.8 Å². The van der Waals surface area contributed by atoms with Gasteiger partial charge in [0, 0.05) is 37.5 Å². The van der Waals surface area contributed by atoms with Crippen LogP contribution in [0.4, 0.5) is 11.6 Å². The molecule has 1 atom stereocenters. The normalized spacial score (nSPS) is 15.4. The number of carbonyl (C=O) groups is 2. The molecule has 164 valence electrons. The summed E-state index contributed by atoms with van der Waals surface area (Å²) in [4.78, 5) is 34.4. The summed E-state index contributed by atoms with van der Waals surface area (Å²) in [5, 5.41) is 6.20. The minimum atomic E-state index is -0.302. The largest absolute Gasteiger partial charge is 0.474 e. The summed E-state index contributed by atoms with van der Waals surface area (Å²) in [6.07, 6.45) is 3.42. The number of anilines is 2. The van der Waals surface area contributed by atoms with E-state index in [9.17, 15) is 9.59 Å². The zero-order chi connectivity index (χ0) is 22.2. The predicted molar refractivity (Wildman–Crippen MR) is 118 cm³/mol. The lowest BCUT2D eigenvalue weighted by molar-refractivity contribution is -0.111. The number of nitrogens with zero attached hydrogens (tertiary/aromatic N) is 3. The number of carbonyl (C=O) groups excluding carboxylic acids is 2. The molecular formula is C21H24ClN5O4. The van der Waals surface area contributed by atoms with Crippen LogP contribution in [-0.4, -0.2) is 66.1 Å². The van der Waals surface area contributed by atoms with Gasteiger partial charge in [0.1, 0.15) is 11.6 Å². The van der Waals surface area contributed by atoms with Crippen LogP contribution < -0.4 is 15.4 Å². The highest BCUT2D eigenvalue weighted by Gasteiger charge is 2.27. The third kappa shape index (κ3) is 6.16. The molecule has 2 aromatic rings. The van der Waals surface area contributed by atoms with Crippen molar-refractivity contribution in [3.8, 4) is 5.88 Å². The van der Waals surface area contributed by atoms with Gasteiger partial charge < -0.3 is 25.0 Å². The molecule has 31 heavy (non-hydrogen) atoms. The fraction of sp³-hybridized carbons (Fsp3) is 0.333. The second-order valence-electron chi connectivity index (χ2n) is 6.84. The topological polar surface area (TPSA) is 106 Å². The average molecular weight is 446 g/mol. The van der Waals surface area contributed by atoms with E-state index < -0.39 is 0 Å². The van der Waals surface area contributed by atoms with Gasteiger partial charge in [0.25, 0.3) is 5.91 Å². The van der Waals surface area contributed by atoms with Gasteiger partial charge in [0.2, 0.25) is 17.7 Å². The number of ether oxygens (including phenoxy) is 2. The van der Waals surface area contributed by atoms with Crippen molar-refractivity contribution in [3.63, 3.8) is 0 Å². The molecule has 0 unspecified atom stereocenters. The van der Waals surface area contributed by atoms with Crippen molar-refractivity contribution in [2.75, 3.05) is 44.0 Å². The summed E-state index contributed by atoms with van der Waals surface area (Å²) < 4.78 is 10.4. The predicted octanol–water partition coefficient (Wildman–Crippen LogP) is 2.61. The molecule has 2 N–H and O–H groups in total. The van der Waals surface area contributed by atoms with Gasteiger partial charge in [-0.2, -0.15) is 4.98 Å². The van der Waals surface area contributed by atoms with E-state index in [4.69, 9.17) is 21.1 Å². The molecule has 9 nitrogen and oxygen atoms in total. The molecule has 0 radical (unpaired) electrons. The quantitative estimate of drug-likeness (QED) is 0.451. The molecule has 1 aromatic carbocycles. The summed E-state index contributed by atoms with van der Waals surface area (Å²) in [5.41, 5.74) is 1.15. The Balaban J connectivity index is 1.56. The third-order valence-corrected chi connectivity index (χ3v) is 4.89. The first-order chi connectivity index (χ1) is 15.0. The molecule has 1 aliphatic heterocycles. The van der Waals surface area contributed by atoms with E-state index in [2.05, 4.69) is 27.2 Å². The third-order valence-electron chi connectivity index (χ3n) is 4.63. The van der Waals surface area contributed by atoms with Crippen molar-refractivity contribution in [1.29, 1.82) is 0 Å². The fourth-order valence-corrected chi connectivity index (χ4v) is 3.21. The number of hydrogen-bond donors (Lipinski definition) is 2. The zero-order valence-electron chi connectivity index (χ0n) is 17.1. The number of nitrogens with one attached hydrogen (secondary N) is 2. The van der Waals surface area contributed by atoms with Crippen molar-refractivity contribution in [2.45, 2.75) is 12.5 Å². The van der Waals surface area contributed by atoms with Crippen LogP contribution in [0.2, 0.25) is 5.02 Å². The van der Waals surface area contributed by atoms with Crippen LogP contribution in [0.25, 0.3) is 0 Å². The number of likely N-dealkylation sites (tertiary alicyclic amines) is 1. The Labute approximate surface area is 185 Å². The Morgan fingerprint density at radius 3 is 2.81 bits per heavy atom. The Kier molecular flexibility index (Phi) is 7.80. The van der Waals surface area contributed by atoms with Gasteiger partial charge >= 0.3 is 0 Å². The number of halogens is 1. The maximum atomic E-state index is 12.8. The number of amides is 2. The average Bonchev–Trinajstić information content (AvgIpc) is 3.24. The van der Waals surface area contributed by atoms with E-state index in [1.54, 1.807) is 36.3 Å². The van der Waals surface area contributed by atoms with Gasteiger partial charge in [-0.15, -0.1) is 0 Å². The second-order valence-corrected chi connectivity index (χ2v) is 7.25. The van der Waals surface area contributed by atoms with Crippen molar-refractivity contribution >= 4 is 35.1 Å². The highest BCUT2D eigenvalue weighted by Crippen LogP contribution is 2.23. The molecule has 3 rings (SSSR count). The Hall–Kier alpha value is -3.17. The van der Waals surface area contributed by atoms with Crippen LogP contribution in [0.1, 0.15) is 16.8 Å². The van der Waals surface area contributed by atoms with Crippen LogP contribution >= 0.6 is 11.6 Å². The molecule has 2 amide bonds. The smallest absolute Gasteiger partial charge is 0.253 e. The van der Waals surface area contributed by atoms with Crippen LogP contribution in [0, 0.1) is 0 Å². The Morgan fingerprint density at radius 2 is 2.10 bits per heavy atom. The van der Waals surface area contributed by atoms with Gasteiger partial charge in [-0.3, -0.25) is 9.59 Å². The van der Waals surface area contributed by atoms with E-state index >= 15 is 0 Å². The second kappa shape index (κ2) is 10.7. The maximum Gasteiger partial charge on any atom is 0.253 e. The molecule has 1 aromatic heterocycles. The monoisotopic (exact) mass is 445 g/mol. The number of rotatable bonds is 9. The molecular weight excluding hydrogens is 422 g/mol. The zero-order valence-corrected chi connectivity index (χ0v) is 17.9. The number of hydrogen-bond acceptors (Lipinski definition) is 7. The molecule has 0 aliphatic carbocycles. The summed E-state index contributed by atoms with van der Waals surface area (Å²) in [7, 11) is 1.58. The first-order valence-corrected chi connectivity index (χ1v) is 10.1. The molecule has 0 spiro atoms. The summed E-state index contributed by atoms with van der Waals surface area (Å²) >= 11 is 6.07. The van der Waals surface area contributed by atoms with Gasteiger partial charge in [0.15, 0.2) is 0 Å². The SMILES string of the molecule is C=CC(=O)Nc1ccc(C(=O)N2CC[C@@H](Nc3ncc(Cl)c(OCCOC)n3)C2)cc1. The molecule has 0 saturated carbocycles. The van der Waals surface area contributed by atoms with Crippen molar-refractivity contribution in [1.82, 2.24) is 14.9 Å². The van der Waals surface area contributed by atoms with Crippen LogP contribution in [0.5, 0.6) is 5.88 Å². The Bertz CT molecular complexity index is 938. The summed E-state index contributed by atoms with van der Waals surface area (Å²) in [5.74, 6) is 0.292. The van der Waals surface area contributed by atoms with E-state index in [0.717, 1.165) is 6.42 Å². The molecule has 10 heteroatoms. The minimum Gasteiger partial charge on any atom is -0.474 e. The van der Waals surface area contributed by atoms with Crippen molar-refractivity contribution in [3.05, 3.63) is 53.7 Å². The van der Waals surface area contributed by atoms with Crippen molar-refractivity contribution < 1.29 is 19.1 Å². The van der Waals surface area contributed by atoms with Crippen LogP contribution in [-0.2, 0) is 9.53 Å². The van der Waals surface area contributed by atoms with Gasteiger partial charge in [-0.1, -0.05) is 18.2 Å². The lowest BCUT2D eigenvalue weighted by atomic mass is 10.2. The Morgan fingerprint density at radius 1 is 1.32 bits per heavy atom. The van der Waals surface area contributed by atoms with Gasteiger partial charge in [-0.05, 0) is 36.8 Å². The molecule has 1 saturated heterocycles. The minimum absolute atomic E-state index is 0.00287. The number of benzene rings is 1. The van der Waals surface area contributed by atoms with E-state index in [1.165, 1.54) is 12.3 Å². The van der Waals surface area contributed by atoms with Gasteiger partial charge in [-0.25, -0.2) is 4.98 Å². The van der Waals surface area contributed by atoms with Crippen LogP contribution in [0.15, 0.2) is 43.1 Å². The standard InChI is InChI=1S/C21H24ClN5O4/c1-3-18(28)24-15-6-4-14(5-7-15)20(29)27-9-8-16(13-27)25-21-23-12-17(22)19(26-21)31-11-10-30-2/h3-7,12,16H,1,8-11,13H2,2H3,(H,24,28)(H,23,25,26)/t16-/m1/s1. The first-order valence-electron chi connectivity index (χ1n) is 9.73. The number of methoxy groups -OCH3 is 1. The summed E-state index contributed by atoms with van der Waals surface area (Å²) in [6, 6.07) is 6.75. The maximum absolute atomic E-state index is 12.8. The molecule has 1 aliphatic rings. The van der Waals surface area contributed by atoms with E-state index in [1.807, 2.05) is 0 Å². The lowest BCUT2D eigenvalue weighted by Gasteiger charge is -2.18. The molecule has 1 fully saturated rings. The lowest BCUT2D eigenvalue weighted by Crippen LogP contribution is -2.31. The molecule has 0 bridgehead atoms. The van der Waals surface area contributed by atoms with E-state index in [-0.39, 0.29) is 23.7 Å². The highest BCUT2D eigenvalue weighted by molar-refractivity contribution is 6.31.